The third-order valence-corrected chi connectivity index (χ3v) is 3.40. The second kappa shape index (κ2) is 5.60. The molecule has 4 N–H and O–H groups in total. The molecule has 0 aliphatic rings. The van der Waals surface area contributed by atoms with Crippen molar-refractivity contribution in [3.05, 3.63) is 18.5 Å². The van der Waals surface area contributed by atoms with Crippen LogP contribution in [0.1, 0.15) is 6.92 Å². The number of nitrogens with two attached hydrogens (primary N) is 1. The highest BCUT2D eigenvalue weighted by atomic mass is 32.2. The van der Waals surface area contributed by atoms with Gasteiger partial charge in [0.15, 0.2) is 0 Å². The number of nitrogens with zero attached hydrogens (tertiary/aromatic N) is 1. The lowest BCUT2D eigenvalue weighted by atomic mass is 10.4. The van der Waals surface area contributed by atoms with Gasteiger partial charge in [-0.15, -0.1) is 0 Å². The van der Waals surface area contributed by atoms with Crippen LogP contribution in [0.2, 0.25) is 0 Å². The van der Waals surface area contributed by atoms with Gasteiger partial charge in [-0.05, 0) is 6.07 Å². The fourth-order valence-corrected chi connectivity index (χ4v) is 2.22. The Morgan fingerprint density at radius 3 is 2.76 bits per heavy atom. The summed E-state index contributed by atoms with van der Waals surface area (Å²) in [6.07, 6.45) is 2.59. The van der Waals surface area contributed by atoms with Crippen LogP contribution >= 0.6 is 0 Å². The minimum atomic E-state index is -3.68. The van der Waals surface area contributed by atoms with Gasteiger partial charge < -0.3 is 11.1 Å². The second-order valence-corrected chi connectivity index (χ2v) is 5.03. The van der Waals surface area contributed by atoms with Gasteiger partial charge in [0.05, 0.1) is 5.69 Å². The third kappa shape index (κ3) is 4.00. The Kier molecular flexibility index (Phi) is 4.41. The average Bonchev–Trinajstić information content (AvgIpc) is 2.24. The molecule has 0 aromatic carbocycles. The van der Waals surface area contributed by atoms with E-state index in [4.69, 9.17) is 5.73 Å². The van der Waals surface area contributed by atoms with E-state index in [0.717, 1.165) is 0 Å². The molecule has 0 saturated heterocycles. The van der Waals surface area contributed by atoms with Crippen molar-refractivity contribution < 1.29 is 13.2 Å². The van der Waals surface area contributed by atoms with Gasteiger partial charge in [-0.25, -0.2) is 13.1 Å². The summed E-state index contributed by atoms with van der Waals surface area (Å²) in [5.41, 5.74) is 5.66. The van der Waals surface area contributed by atoms with Crippen LogP contribution < -0.4 is 15.8 Å². The Bertz CT molecular complexity index is 501. The van der Waals surface area contributed by atoms with E-state index in [1.165, 1.54) is 25.4 Å². The lowest BCUT2D eigenvalue weighted by molar-refractivity contribution is -0.118. The summed E-state index contributed by atoms with van der Waals surface area (Å²) in [6, 6.07) is 1.41. The van der Waals surface area contributed by atoms with E-state index in [0.29, 0.717) is 0 Å². The summed E-state index contributed by atoms with van der Waals surface area (Å²) < 4.78 is 25.8. The zero-order chi connectivity index (χ0) is 12.9. The summed E-state index contributed by atoms with van der Waals surface area (Å²) in [7, 11) is -3.68. The Balaban J connectivity index is 2.64. The molecule has 0 bridgehead atoms. The van der Waals surface area contributed by atoms with E-state index in [1.54, 1.807) is 0 Å². The van der Waals surface area contributed by atoms with Crippen LogP contribution in [0.5, 0.6) is 0 Å². The van der Waals surface area contributed by atoms with Crippen molar-refractivity contribution in [2.45, 2.75) is 11.8 Å². The van der Waals surface area contributed by atoms with Crippen LogP contribution in [0.25, 0.3) is 0 Å². The number of pyridine rings is 1. The first kappa shape index (κ1) is 13.4. The van der Waals surface area contributed by atoms with Crippen LogP contribution in [0.15, 0.2) is 23.4 Å². The number of hydrogen-bond donors (Lipinski definition) is 3. The van der Waals surface area contributed by atoms with Gasteiger partial charge in [0.2, 0.25) is 15.9 Å². The molecule has 0 fully saturated rings. The highest BCUT2D eigenvalue weighted by molar-refractivity contribution is 7.89. The topological polar surface area (TPSA) is 114 Å². The van der Waals surface area contributed by atoms with Crippen molar-refractivity contribution in [1.82, 2.24) is 15.0 Å². The molecule has 1 amide bonds. The highest BCUT2D eigenvalue weighted by Gasteiger charge is 2.16. The Morgan fingerprint density at radius 2 is 2.18 bits per heavy atom. The normalized spacial score (nSPS) is 11.1. The maximum absolute atomic E-state index is 11.8. The van der Waals surface area contributed by atoms with E-state index < -0.39 is 10.0 Å². The predicted octanol–water partition coefficient (Wildman–Crippen LogP) is -0.922. The monoisotopic (exact) mass is 258 g/mol. The standard InChI is InChI=1S/C9H14N4O3S/c1-7(14)12-4-5-13-17(15,16)9-6-11-3-2-8(9)10/h2-3,6,13H,4-5H2,1H3,(H2,10,11)(H,12,14). The zero-order valence-corrected chi connectivity index (χ0v) is 10.1. The van der Waals surface area contributed by atoms with Gasteiger partial charge in [-0.1, -0.05) is 0 Å². The molecule has 0 aliphatic carbocycles. The number of hydrogen-bond acceptors (Lipinski definition) is 5. The molecule has 0 atom stereocenters. The van der Waals surface area contributed by atoms with Crippen LogP contribution in [-0.4, -0.2) is 32.4 Å². The number of amides is 1. The van der Waals surface area contributed by atoms with Crippen molar-refractivity contribution >= 4 is 21.6 Å². The number of rotatable bonds is 5. The summed E-state index contributed by atoms with van der Waals surface area (Å²) in [6.45, 7) is 1.67. The zero-order valence-electron chi connectivity index (χ0n) is 9.30. The number of carbonyl (C=O) groups excluding carboxylic acids is 1. The average molecular weight is 258 g/mol. The molecule has 1 aromatic heterocycles. The molecule has 0 unspecified atom stereocenters. The number of sulfonamides is 1. The molecule has 7 nitrogen and oxygen atoms in total. The molecular formula is C9H14N4O3S. The molecule has 0 aliphatic heterocycles. The molecule has 94 valence electrons. The Labute approximate surface area is 99.5 Å². The summed E-state index contributed by atoms with van der Waals surface area (Å²) in [5.74, 6) is -0.218. The molecule has 8 heteroatoms. The van der Waals surface area contributed by atoms with E-state index in [2.05, 4.69) is 15.0 Å². The van der Waals surface area contributed by atoms with Crippen molar-refractivity contribution in [1.29, 1.82) is 0 Å². The quantitative estimate of drug-likeness (QED) is 0.591. The van der Waals surface area contributed by atoms with Crippen LogP contribution in [0, 0.1) is 0 Å². The maximum Gasteiger partial charge on any atom is 0.244 e. The number of aromatic nitrogens is 1. The summed E-state index contributed by atoms with van der Waals surface area (Å²) in [4.78, 5) is 14.2. The molecule has 1 heterocycles. The minimum Gasteiger partial charge on any atom is -0.398 e. The largest absolute Gasteiger partial charge is 0.398 e. The lowest BCUT2D eigenvalue weighted by Crippen LogP contribution is -2.34. The number of carbonyl (C=O) groups is 1. The molecular weight excluding hydrogens is 244 g/mol. The molecule has 1 rings (SSSR count). The number of nitrogen functional groups attached to an aromatic ring is 1. The van der Waals surface area contributed by atoms with Gasteiger partial charge in [0.25, 0.3) is 0 Å². The van der Waals surface area contributed by atoms with E-state index >= 15 is 0 Å². The molecule has 0 spiro atoms. The Morgan fingerprint density at radius 1 is 1.47 bits per heavy atom. The second-order valence-electron chi connectivity index (χ2n) is 3.29. The van der Waals surface area contributed by atoms with Crippen molar-refractivity contribution in [3.8, 4) is 0 Å². The number of anilines is 1. The summed E-state index contributed by atoms with van der Waals surface area (Å²) >= 11 is 0. The van der Waals surface area contributed by atoms with Crippen molar-refractivity contribution in [2.75, 3.05) is 18.8 Å². The van der Waals surface area contributed by atoms with Crippen LogP contribution in [0.3, 0.4) is 0 Å². The third-order valence-electron chi connectivity index (χ3n) is 1.90. The summed E-state index contributed by atoms with van der Waals surface area (Å²) in [5, 5.41) is 2.47. The van der Waals surface area contributed by atoms with Crippen LogP contribution in [0.4, 0.5) is 5.69 Å². The minimum absolute atomic E-state index is 0.0668. The maximum atomic E-state index is 11.8. The molecule has 0 radical (unpaired) electrons. The van der Waals surface area contributed by atoms with Gasteiger partial charge in [-0.3, -0.25) is 9.78 Å². The van der Waals surface area contributed by atoms with E-state index in [1.807, 2.05) is 0 Å². The SMILES string of the molecule is CC(=O)NCCNS(=O)(=O)c1cnccc1N. The van der Waals surface area contributed by atoms with Gasteiger partial charge in [0.1, 0.15) is 4.90 Å². The first-order valence-electron chi connectivity index (χ1n) is 4.87. The fraction of sp³-hybridized carbons (Fsp3) is 0.333. The van der Waals surface area contributed by atoms with Gasteiger partial charge in [0, 0.05) is 32.4 Å². The van der Waals surface area contributed by atoms with Gasteiger partial charge in [-0.2, -0.15) is 0 Å². The van der Waals surface area contributed by atoms with Gasteiger partial charge >= 0.3 is 0 Å². The molecule has 17 heavy (non-hydrogen) atoms. The number of nitrogens with one attached hydrogen (secondary N) is 2. The Hall–Kier alpha value is -1.67. The van der Waals surface area contributed by atoms with Crippen molar-refractivity contribution in [3.63, 3.8) is 0 Å². The first-order chi connectivity index (χ1) is 7.93. The lowest BCUT2D eigenvalue weighted by Gasteiger charge is -2.08. The van der Waals surface area contributed by atoms with E-state index in [9.17, 15) is 13.2 Å². The predicted molar refractivity (Wildman–Crippen MR) is 62.5 cm³/mol. The molecule has 0 saturated carbocycles. The highest BCUT2D eigenvalue weighted by Crippen LogP contribution is 2.14. The van der Waals surface area contributed by atoms with E-state index in [-0.39, 0.29) is 29.6 Å². The van der Waals surface area contributed by atoms with Crippen molar-refractivity contribution in [2.24, 2.45) is 0 Å². The smallest absolute Gasteiger partial charge is 0.244 e. The fourth-order valence-electron chi connectivity index (χ4n) is 1.12. The van der Waals surface area contributed by atoms with Crippen LogP contribution in [-0.2, 0) is 14.8 Å². The molecule has 1 aromatic rings. The first-order valence-corrected chi connectivity index (χ1v) is 6.35.